The van der Waals surface area contributed by atoms with Gasteiger partial charge >= 0.3 is 0 Å². The molecular formula is C24H35N3O3. The number of anilines is 1. The fourth-order valence-corrected chi connectivity index (χ4v) is 5.25. The fourth-order valence-electron chi connectivity index (χ4n) is 5.25. The maximum Gasteiger partial charge on any atom is 0.227 e. The third kappa shape index (κ3) is 4.73. The first-order valence-electron chi connectivity index (χ1n) is 11.6. The lowest BCUT2D eigenvalue weighted by atomic mass is 9.93. The third-order valence-corrected chi connectivity index (χ3v) is 7.07. The molecule has 2 heterocycles. The summed E-state index contributed by atoms with van der Waals surface area (Å²) in [4.78, 5) is 32.2. The van der Waals surface area contributed by atoms with E-state index in [1.165, 1.54) is 25.7 Å². The van der Waals surface area contributed by atoms with Gasteiger partial charge in [0.2, 0.25) is 11.8 Å². The molecule has 6 nitrogen and oxygen atoms in total. The number of piperidine rings is 1. The molecule has 0 bridgehead atoms. The Hall–Kier alpha value is -2.24. The van der Waals surface area contributed by atoms with Gasteiger partial charge in [0.15, 0.2) is 0 Å². The van der Waals surface area contributed by atoms with Gasteiger partial charge in [-0.1, -0.05) is 31.7 Å². The Morgan fingerprint density at radius 3 is 2.43 bits per heavy atom. The lowest BCUT2D eigenvalue weighted by Crippen LogP contribution is -2.54. The highest BCUT2D eigenvalue weighted by Gasteiger charge is 2.36. The highest BCUT2D eigenvalue weighted by molar-refractivity contribution is 5.84. The van der Waals surface area contributed by atoms with Crippen molar-refractivity contribution in [1.29, 1.82) is 0 Å². The number of hydrogen-bond acceptors (Lipinski definition) is 4. The van der Waals surface area contributed by atoms with Crippen LogP contribution in [0.5, 0.6) is 5.75 Å². The van der Waals surface area contributed by atoms with Crippen LogP contribution in [0.3, 0.4) is 0 Å². The van der Waals surface area contributed by atoms with E-state index >= 15 is 0 Å². The van der Waals surface area contributed by atoms with Crippen LogP contribution < -0.4 is 9.64 Å². The third-order valence-electron chi connectivity index (χ3n) is 7.07. The van der Waals surface area contributed by atoms with Gasteiger partial charge in [0.1, 0.15) is 5.75 Å². The highest BCUT2D eigenvalue weighted by Crippen LogP contribution is 2.29. The van der Waals surface area contributed by atoms with E-state index in [2.05, 4.69) is 21.9 Å². The largest absolute Gasteiger partial charge is 0.497 e. The van der Waals surface area contributed by atoms with Crippen molar-refractivity contribution in [2.24, 2.45) is 5.92 Å². The van der Waals surface area contributed by atoms with E-state index in [0.29, 0.717) is 25.4 Å². The minimum atomic E-state index is -0.0330. The molecule has 3 aliphatic rings. The Balaban J connectivity index is 1.33. The second-order valence-corrected chi connectivity index (χ2v) is 8.94. The predicted molar refractivity (Wildman–Crippen MR) is 118 cm³/mol. The van der Waals surface area contributed by atoms with Crippen LogP contribution in [0.4, 0.5) is 5.69 Å². The number of piperazine rings is 1. The Labute approximate surface area is 180 Å². The van der Waals surface area contributed by atoms with Gasteiger partial charge < -0.3 is 19.4 Å². The number of carbonyl (C=O) groups excluding carboxylic acids is 2. The average molecular weight is 414 g/mol. The summed E-state index contributed by atoms with van der Waals surface area (Å²) in [5, 5.41) is 0. The maximum atomic E-state index is 13.2. The summed E-state index contributed by atoms with van der Waals surface area (Å²) in [5.74, 6) is 1.33. The summed E-state index contributed by atoms with van der Waals surface area (Å²) < 4.78 is 5.34. The zero-order valence-electron chi connectivity index (χ0n) is 18.2. The SMILES string of the molecule is COc1cccc(N2CCN(C(=O)[C@@H]3CCC(=O)N(C4CCCCCC4)C3)CC2)c1. The average Bonchev–Trinajstić information content (AvgIpc) is 3.08. The molecule has 3 fully saturated rings. The van der Waals surface area contributed by atoms with Gasteiger partial charge in [-0.25, -0.2) is 0 Å². The molecule has 6 heteroatoms. The van der Waals surface area contributed by atoms with Crippen LogP contribution in [0.15, 0.2) is 24.3 Å². The Morgan fingerprint density at radius 1 is 1.00 bits per heavy atom. The van der Waals surface area contributed by atoms with Crippen molar-refractivity contribution in [2.75, 3.05) is 44.7 Å². The summed E-state index contributed by atoms with van der Waals surface area (Å²) in [6.45, 7) is 3.76. The molecule has 4 rings (SSSR count). The second-order valence-electron chi connectivity index (χ2n) is 8.94. The zero-order valence-corrected chi connectivity index (χ0v) is 18.2. The Morgan fingerprint density at radius 2 is 1.73 bits per heavy atom. The zero-order chi connectivity index (χ0) is 20.9. The molecule has 1 atom stereocenters. The topological polar surface area (TPSA) is 53.1 Å². The monoisotopic (exact) mass is 413 g/mol. The molecule has 1 aromatic rings. The van der Waals surface area contributed by atoms with Crippen LogP contribution in [0.2, 0.25) is 0 Å². The number of benzene rings is 1. The van der Waals surface area contributed by atoms with Gasteiger partial charge in [-0.3, -0.25) is 9.59 Å². The molecule has 0 aromatic heterocycles. The summed E-state index contributed by atoms with van der Waals surface area (Å²) >= 11 is 0. The van der Waals surface area contributed by atoms with Crippen LogP contribution in [-0.2, 0) is 9.59 Å². The van der Waals surface area contributed by atoms with Crippen molar-refractivity contribution in [3.05, 3.63) is 24.3 Å². The summed E-state index contributed by atoms with van der Waals surface area (Å²) in [6, 6.07) is 8.45. The maximum absolute atomic E-state index is 13.2. The standard InChI is InChI=1S/C24H35N3O3/c1-30-22-10-6-9-21(17-22)25-13-15-26(16-14-25)24(29)19-11-12-23(28)27(18-19)20-7-4-2-3-5-8-20/h6,9-10,17,19-20H,2-5,7-8,11-16,18H2,1H3/t19-/m1/s1. The summed E-state index contributed by atoms with van der Waals surface area (Å²) in [6.07, 6.45) is 8.40. The summed E-state index contributed by atoms with van der Waals surface area (Å²) in [7, 11) is 1.68. The number of carbonyl (C=O) groups is 2. The number of nitrogens with zero attached hydrogens (tertiary/aromatic N) is 3. The first-order chi connectivity index (χ1) is 14.7. The minimum Gasteiger partial charge on any atom is -0.497 e. The number of amides is 2. The van der Waals surface area contributed by atoms with E-state index in [1.807, 2.05) is 17.0 Å². The number of hydrogen-bond donors (Lipinski definition) is 0. The first kappa shape index (κ1) is 21.0. The van der Waals surface area contributed by atoms with E-state index in [-0.39, 0.29) is 17.7 Å². The Kier molecular flexibility index (Phi) is 6.80. The van der Waals surface area contributed by atoms with Crippen molar-refractivity contribution < 1.29 is 14.3 Å². The van der Waals surface area contributed by atoms with Crippen LogP contribution >= 0.6 is 0 Å². The predicted octanol–water partition coefficient (Wildman–Crippen LogP) is 3.31. The fraction of sp³-hybridized carbons (Fsp3) is 0.667. The quantitative estimate of drug-likeness (QED) is 0.711. The summed E-state index contributed by atoms with van der Waals surface area (Å²) in [5.41, 5.74) is 1.14. The van der Waals surface area contributed by atoms with E-state index in [1.54, 1.807) is 7.11 Å². The van der Waals surface area contributed by atoms with Gasteiger partial charge in [-0.15, -0.1) is 0 Å². The lowest BCUT2D eigenvalue weighted by Gasteiger charge is -2.41. The molecule has 2 saturated heterocycles. The van der Waals surface area contributed by atoms with E-state index in [9.17, 15) is 9.59 Å². The Bertz CT molecular complexity index is 737. The number of methoxy groups -OCH3 is 1. The lowest BCUT2D eigenvalue weighted by molar-refractivity contribution is -0.145. The molecule has 0 unspecified atom stereocenters. The molecule has 0 spiro atoms. The highest BCUT2D eigenvalue weighted by atomic mass is 16.5. The van der Waals surface area contributed by atoms with Crippen molar-refractivity contribution in [3.63, 3.8) is 0 Å². The number of ether oxygens (including phenoxy) is 1. The van der Waals surface area contributed by atoms with E-state index in [0.717, 1.165) is 50.5 Å². The molecule has 1 saturated carbocycles. The molecular weight excluding hydrogens is 378 g/mol. The minimum absolute atomic E-state index is 0.0330. The van der Waals surface area contributed by atoms with Crippen molar-refractivity contribution in [3.8, 4) is 5.75 Å². The van der Waals surface area contributed by atoms with Gasteiger partial charge in [-0.05, 0) is 31.4 Å². The molecule has 164 valence electrons. The van der Waals surface area contributed by atoms with Crippen LogP contribution in [0.1, 0.15) is 51.4 Å². The van der Waals surface area contributed by atoms with Crippen molar-refractivity contribution in [1.82, 2.24) is 9.80 Å². The van der Waals surface area contributed by atoms with Crippen LogP contribution in [-0.4, -0.2) is 67.5 Å². The smallest absolute Gasteiger partial charge is 0.227 e. The normalized spacial score (nSPS) is 24.0. The molecule has 30 heavy (non-hydrogen) atoms. The van der Waals surface area contributed by atoms with Gasteiger partial charge in [0.25, 0.3) is 0 Å². The van der Waals surface area contributed by atoms with Gasteiger partial charge in [0, 0.05) is 56.9 Å². The van der Waals surface area contributed by atoms with Crippen LogP contribution in [0, 0.1) is 5.92 Å². The second kappa shape index (κ2) is 9.71. The molecule has 2 aliphatic heterocycles. The van der Waals surface area contributed by atoms with E-state index in [4.69, 9.17) is 4.74 Å². The van der Waals surface area contributed by atoms with Crippen LogP contribution in [0.25, 0.3) is 0 Å². The number of likely N-dealkylation sites (tertiary alicyclic amines) is 1. The molecule has 1 aliphatic carbocycles. The molecule has 2 amide bonds. The molecule has 0 N–H and O–H groups in total. The van der Waals surface area contributed by atoms with E-state index < -0.39 is 0 Å². The van der Waals surface area contributed by atoms with Crippen molar-refractivity contribution in [2.45, 2.75) is 57.4 Å². The molecule has 1 aromatic carbocycles. The number of rotatable bonds is 4. The van der Waals surface area contributed by atoms with Gasteiger partial charge in [0.05, 0.1) is 13.0 Å². The molecule has 0 radical (unpaired) electrons. The van der Waals surface area contributed by atoms with Crippen molar-refractivity contribution >= 4 is 17.5 Å². The van der Waals surface area contributed by atoms with Gasteiger partial charge in [-0.2, -0.15) is 0 Å². The first-order valence-corrected chi connectivity index (χ1v) is 11.6.